The Bertz CT molecular complexity index is 603. The van der Waals surface area contributed by atoms with E-state index in [1.807, 2.05) is 18.2 Å². The lowest BCUT2D eigenvalue weighted by Gasteiger charge is -2.32. The highest BCUT2D eigenvalue weighted by Crippen LogP contribution is 2.24. The third kappa shape index (κ3) is 3.59. The number of nitrogens with zero attached hydrogens (tertiary/aromatic N) is 1. The van der Waals surface area contributed by atoms with E-state index in [1.54, 1.807) is 6.07 Å². The largest absolute Gasteiger partial charge is 0.324 e. The Morgan fingerprint density at radius 1 is 1.35 bits per heavy atom. The minimum absolute atomic E-state index is 0.276. The number of benzene rings is 1. The summed E-state index contributed by atoms with van der Waals surface area (Å²) in [5.74, 6) is -0.276. The van der Waals surface area contributed by atoms with Gasteiger partial charge in [-0.2, -0.15) is 4.31 Å². The molecule has 20 heavy (non-hydrogen) atoms. The second-order valence-corrected chi connectivity index (χ2v) is 7.64. The summed E-state index contributed by atoms with van der Waals surface area (Å²) in [6, 6.07) is 6.64. The quantitative estimate of drug-likeness (QED) is 0.898. The predicted molar refractivity (Wildman–Crippen MR) is 82.0 cm³/mol. The summed E-state index contributed by atoms with van der Waals surface area (Å²) >= 11 is 3.36. The molecule has 1 atom stereocenters. The molecule has 1 aromatic rings. The minimum atomic E-state index is -3.36. The summed E-state index contributed by atoms with van der Waals surface area (Å²) in [5, 5.41) is 2.79. The number of hydrogen-bond donors (Lipinski definition) is 1. The predicted octanol–water partition coefficient (Wildman–Crippen LogP) is 2.20. The maximum atomic E-state index is 12.3. The van der Waals surface area contributed by atoms with Crippen LogP contribution < -0.4 is 5.32 Å². The SMILES string of the molecule is CS(=O)(=O)N1CCCC[C@H]1C(=O)Nc1ccccc1Br. The van der Waals surface area contributed by atoms with Crippen LogP contribution in [0.5, 0.6) is 0 Å². The zero-order valence-electron chi connectivity index (χ0n) is 11.2. The number of hydrogen-bond acceptors (Lipinski definition) is 3. The van der Waals surface area contributed by atoms with Crippen LogP contribution in [0.1, 0.15) is 19.3 Å². The van der Waals surface area contributed by atoms with Crippen LogP contribution in [0.3, 0.4) is 0 Å². The Morgan fingerprint density at radius 2 is 2.05 bits per heavy atom. The molecule has 0 aliphatic carbocycles. The van der Waals surface area contributed by atoms with Crippen molar-refractivity contribution in [1.29, 1.82) is 0 Å². The molecule has 7 heteroatoms. The van der Waals surface area contributed by atoms with Crippen molar-refractivity contribution in [3.8, 4) is 0 Å². The molecule has 1 heterocycles. The number of rotatable bonds is 3. The van der Waals surface area contributed by atoms with Gasteiger partial charge in [-0.05, 0) is 40.9 Å². The fourth-order valence-electron chi connectivity index (χ4n) is 2.34. The van der Waals surface area contributed by atoms with Crippen LogP contribution in [-0.2, 0) is 14.8 Å². The lowest BCUT2D eigenvalue weighted by Crippen LogP contribution is -2.49. The first kappa shape index (κ1) is 15.5. The number of para-hydroxylation sites is 1. The average molecular weight is 361 g/mol. The van der Waals surface area contributed by atoms with Crippen molar-refractivity contribution in [2.24, 2.45) is 0 Å². The number of halogens is 1. The van der Waals surface area contributed by atoms with E-state index >= 15 is 0 Å². The summed E-state index contributed by atoms with van der Waals surface area (Å²) in [5.41, 5.74) is 0.650. The molecular formula is C13H17BrN2O3S. The van der Waals surface area contributed by atoms with Crippen molar-refractivity contribution < 1.29 is 13.2 Å². The van der Waals surface area contributed by atoms with Crippen LogP contribution >= 0.6 is 15.9 Å². The summed E-state index contributed by atoms with van der Waals surface area (Å²) in [4.78, 5) is 12.3. The first-order valence-corrected chi connectivity index (χ1v) is 9.06. The molecule has 5 nitrogen and oxygen atoms in total. The number of carbonyl (C=O) groups excluding carboxylic acids is 1. The van der Waals surface area contributed by atoms with Gasteiger partial charge < -0.3 is 5.32 Å². The van der Waals surface area contributed by atoms with Crippen LogP contribution in [0.2, 0.25) is 0 Å². The van der Waals surface area contributed by atoms with E-state index in [2.05, 4.69) is 21.2 Å². The lowest BCUT2D eigenvalue weighted by molar-refractivity contribution is -0.120. The number of sulfonamides is 1. The second kappa shape index (κ2) is 6.24. The van der Waals surface area contributed by atoms with Gasteiger partial charge >= 0.3 is 0 Å². The zero-order chi connectivity index (χ0) is 14.8. The number of anilines is 1. The van der Waals surface area contributed by atoms with Gasteiger partial charge in [-0.3, -0.25) is 4.79 Å². The van der Waals surface area contributed by atoms with E-state index in [4.69, 9.17) is 0 Å². The summed E-state index contributed by atoms with van der Waals surface area (Å²) in [7, 11) is -3.36. The third-order valence-electron chi connectivity index (χ3n) is 3.31. The molecule has 1 aromatic carbocycles. The van der Waals surface area contributed by atoms with E-state index in [0.29, 0.717) is 18.7 Å². The topological polar surface area (TPSA) is 66.5 Å². The van der Waals surface area contributed by atoms with Crippen molar-refractivity contribution in [2.75, 3.05) is 18.1 Å². The van der Waals surface area contributed by atoms with Crippen LogP contribution in [-0.4, -0.2) is 37.5 Å². The summed E-state index contributed by atoms with van der Waals surface area (Å²) in [6.07, 6.45) is 3.37. The van der Waals surface area contributed by atoms with Gasteiger partial charge in [0.2, 0.25) is 15.9 Å². The third-order valence-corrected chi connectivity index (χ3v) is 5.29. The van der Waals surface area contributed by atoms with Gasteiger partial charge in [0.05, 0.1) is 11.9 Å². The highest BCUT2D eigenvalue weighted by molar-refractivity contribution is 9.10. The average Bonchev–Trinajstić information content (AvgIpc) is 2.40. The Balaban J connectivity index is 2.17. The van der Waals surface area contributed by atoms with Crippen molar-refractivity contribution in [2.45, 2.75) is 25.3 Å². The maximum Gasteiger partial charge on any atom is 0.242 e. The van der Waals surface area contributed by atoms with Gasteiger partial charge in [-0.25, -0.2) is 8.42 Å². The van der Waals surface area contributed by atoms with Crippen LogP contribution in [0.15, 0.2) is 28.7 Å². The molecule has 0 bridgehead atoms. The van der Waals surface area contributed by atoms with Gasteiger partial charge in [-0.1, -0.05) is 18.6 Å². The van der Waals surface area contributed by atoms with Gasteiger partial charge in [0, 0.05) is 11.0 Å². The van der Waals surface area contributed by atoms with E-state index in [0.717, 1.165) is 23.6 Å². The zero-order valence-corrected chi connectivity index (χ0v) is 13.6. The normalized spacial score (nSPS) is 20.6. The van der Waals surface area contributed by atoms with Crippen molar-refractivity contribution >= 4 is 37.5 Å². The van der Waals surface area contributed by atoms with E-state index in [1.165, 1.54) is 4.31 Å². The van der Waals surface area contributed by atoms with Gasteiger partial charge in [0.15, 0.2) is 0 Å². The Labute approximate surface area is 127 Å². The molecule has 0 unspecified atom stereocenters. The van der Waals surface area contributed by atoms with Crippen molar-refractivity contribution in [3.05, 3.63) is 28.7 Å². The smallest absolute Gasteiger partial charge is 0.242 e. The Morgan fingerprint density at radius 3 is 2.70 bits per heavy atom. The second-order valence-electron chi connectivity index (χ2n) is 4.85. The van der Waals surface area contributed by atoms with Crippen LogP contribution in [0.25, 0.3) is 0 Å². The maximum absolute atomic E-state index is 12.3. The number of amides is 1. The molecule has 2 rings (SSSR count). The monoisotopic (exact) mass is 360 g/mol. The molecule has 0 spiro atoms. The fourth-order valence-corrected chi connectivity index (χ4v) is 3.85. The molecule has 1 aliphatic rings. The Kier molecular flexibility index (Phi) is 4.82. The molecule has 1 aliphatic heterocycles. The van der Waals surface area contributed by atoms with Crippen molar-refractivity contribution in [3.63, 3.8) is 0 Å². The molecular weight excluding hydrogens is 344 g/mol. The molecule has 110 valence electrons. The standard InChI is InChI=1S/C13H17BrN2O3S/c1-20(18,19)16-9-5-4-8-12(16)13(17)15-11-7-3-2-6-10(11)14/h2-3,6-7,12H,4-5,8-9H2,1H3,(H,15,17)/t12-/m0/s1. The van der Waals surface area contributed by atoms with Crippen LogP contribution in [0, 0.1) is 0 Å². The molecule has 1 fully saturated rings. The Hall–Kier alpha value is -0.920. The minimum Gasteiger partial charge on any atom is -0.324 e. The van der Waals surface area contributed by atoms with E-state index < -0.39 is 16.1 Å². The summed E-state index contributed by atoms with van der Waals surface area (Å²) in [6.45, 7) is 0.410. The van der Waals surface area contributed by atoms with Crippen molar-refractivity contribution in [1.82, 2.24) is 4.31 Å². The van der Waals surface area contributed by atoms with Gasteiger partial charge in [-0.15, -0.1) is 0 Å². The number of carbonyl (C=O) groups is 1. The van der Waals surface area contributed by atoms with E-state index in [9.17, 15) is 13.2 Å². The fraction of sp³-hybridized carbons (Fsp3) is 0.462. The summed E-state index contributed by atoms with van der Waals surface area (Å²) < 4.78 is 25.6. The molecule has 1 N–H and O–H groups in total. The van der Waals surface area contributed by atoms with E-state index in [-0.39, 0.29) is 5.91 Å². The number of nitrogens with one attached hydrogen (secondary N) is 1. The van der Waals surface area contributed by atoms with Gasteiger partial charge in [0.1, 0.15) is 6.04 Å². The number of piperidine rings is 1. The molecule has 0 radical (unpaired) electrons. The highest BCUT2D eigenvalue weighted by Gasteiger charge is 2.34. The molecule has 0 aromatic heterocycles. The van der Waals surface area contributed by atoms with Crippen LogP contribution in [0.4, 0.5) is 5.69 Å². The van der Waals surface area contributed by atoms with Gasteiger partial charge in [0.25, 0.3) is 0 Å². The molecule has 1 saturated heterocycles. The highest BCUT2D eigenvalue weighted by atomic mass is 79.9. The lowest BCUT2D eigenvalue weighted by atomic mass is 10.0. The first-order valence-electron chi connectivity index (χ1n) is 6.42. The molecule has 1 amide bonds. The first-order chi connectivity index (χ1) is 9.39. The molecule has 0 saturated carbocycles.